The first-order valence-corrected chi connectivity index (χ1v) is 10.4. The molecule has 0 bridgehead atoms. The molecule has 0 atom stereocenters. The summed E-state index contributed by atoms with van der Waals surface area (Å²) in [7, 11) is 1.50. The minimum atomic E-state index is -2.73. The van der Waals surface area contributed by atoms with E-state index in [0.717, 1.165) is 24.0 Å². The monoisotopic (exact) mass is 453 g/mol. The highest BCUT2D eigenvalue weighted by atomic mass is 16.5. The van der Waals surface area contributed by atoms with Crippen LogP contribution in [0, 0.1) is 5.92 Å². The number of nitrogens with two attached hydrogens (primary N) is 1. The molecule has 1 aliphatic rings. The lowest BCUT2D eigenvalue weighted by atomic mass is 10.1. The van der Waals surface area contributed by atoms with Crippen molar-refractivity contribution >= 4 is 29.0 Å². The summed E-state index contributed by atoms with van der Waals surface area (Å²) in [6.07, 6.45) is 5.12. The Kier molecular flexibility index (Phi) is 5.43. The Balaban J connectivity index is 1.70. The maximum Gasteiger partial charge on any atom is 0.273 e. The van der Waals surface area contributed by atoms with Crippen molar-refractivity contribution in [3.05, 3.63) is 42.4 Å². The lowest BCUT2D eigenvalue weighted by Gasteiger charge is -2.16. The van der Waals surface area contributed by atoms with Crippen molar-refractivity contribution in [3.8, 4) is 16.9 Å². The molecule has 0 aliphatic heterocycles. The molecular weight excluding hydrogens is 424 g/mol. The Bertz CT molecular complexity index is 1270. The molecule has 5 N–H and O–H groups in total. The number of carbonyl (C=O) groups excluding carboxylic acids is 2. The zero-order valence-electron chi connectivity index (χ0n) is 21.0. The lowest BCUT2D eigenvalue weighted by molar-refractivity contribution is -0.117. The molecule has 2 heterocycles. The molecule has 3 aromatic rings. The predicted molar refractivity (Wildman–Crippen MR) is 123 cm³/mol. The number of amides is 2. The van der Waals surface area contributed by atoms with Gasteiger partial charge in [-0.1, -0.05) is 12.1 Å². The van der Waals surface area contributed by atoms with E-state index in [4.69, 9.17) is 14.6 Å². The fourth-order valence-electron chi connectivity index (χ4n) is 3.33. The first-order chi connectivity index (χ1) is 17.2. The van der Waals surface area contributed by atoms with Crippen LogP contribution in [0.4, 0.5) is 17.2 Å². The number of ether oxygens (including phenoxy) is 1. The van der Waals surface area contributed by atoms with Crippen LogP contribution < -0.4 is 26.4 Å². The summed E-state index contributed by atoms with van der Waals surface area (Å²) in [5, 5.41) is 19.8. The van der Waals surface area contributed by atoms with Crippen molar-refractivity contribution in [2.45, 2.75) is 19.4 Å². The van der Waals surface area contributed by atoms with E-state index in [1.165, 1.54) is 13.2 Å². The highest BCUT2D eigenvalue weighted by Crippen LogP contribution is 2.38. The molecule has 0 unspecified atom stereocenters. The van der Waals surface area contributed by atoms with Gasteiger partial charge in [-0.15, -0.1) is 10.2 Å². The normalized spacial score (nSPS) is 14.5. The molecule has 33 heavy (non-hydrogen) atoms. The van der Waals surface area contributed by atoms with Gasteiger partial charge < -0.3 is 26.4 Å². The van der Waals surface area contributed by atoms with Gasteiger partial charge in [0, 0.05) is 46.9 Å². The van der Waals surface area contributed by atoms with Crippen molar-refractivity contribution in [1.29, 1.82) is 0 Å². The van der Waals surface area contributed by atoms with Crippen LogP contribution in [-0.4, -0.2) is 52.4 Å². The smallest absolute Gasteiger partial charge is 0.273 e. The molecule has 4 rings (SSSR count). The van der Waals surface area contributed by atoms with Crippen LogP contribution in [0.25, 0.3) is 11.1 Å². The Morgan fingerprint density at radius 3 is 2.88 bits per heavy atom. The summed E-state index contributed by atoms with van der Waals surface area (Å²) in [5.41, 5.74) is 7.46. The summed E-state index contributed by atoms with van der Waals surface area (Å²) in [6, 6.07) is 6.78. The number of rotatable bonds is 9. The van der Waals surface area contributed by atoms with Gasteiger partial charge in [0.15, 0.2) is 11.5 Å². The molecule has 1 saturated carbocycles. The maximum absolute atomic E-state index is 12.7. The highest BCUT2D eigenvalue weighted by molar-refractivity contribution is 6.00. The average molecular weight is 454 g/mol. The second-order valence-corrected chi connectivity index (χ2v) is 7.50. The Labute approximate surface area is 194 Å². The number of nitrogens with zero attached hydrogens (tertiary/aromatic N) is 4. The molecule has 1 aliphatic carbocycles. The number of methoxy groups -OCH3 is 1. The molecule has 0 radical (unpaired) electrons. The van der Waals surface area contributed by atoms with E-state index in [1.54, 1.807) is 23.0 Å². The number of carbonyl (C=O) groups is 2. The quantitative estimate of drug-likeness (QED) is 0.383. The maximum atomic E-state index is 12.7. The zero-order valence-corrected chi connectivity index (χ0v) is 18.0. The fraction of sp³-hybridized carbons (Fsp3) is 0.318. The minimum Gasteiger partial charge on any atom is -0.494 e. The molecular formula is C22H26N8O3. The molecule has 2 aromatic heterocycles. The first-order valence-electron chi connectivity index (χ1n) is 11.9. The van der Waals surface area contributed by atoms with Gasteiger partial charge in [0.2, 0.25) is 5.91 Å². The third kappa shape index (κ3) is 4.93. The number of aromatic nitrogens is 4. The minimum absolute atomic E-state index is 0.0706. The fourth-order valence-corrected chi connectivity index (χ4v) is 3.33. The average Bonchev–Trinajstić information content (AvgIpc) is 3.57. The van der Waals surface area contributed by atoms with Gasteiger partial charge in [-0.05, 0) is 18.9 Å². The molecule has 172 valence electrons. The van der Waals surface area contributed by atoms with Gasteiger partial charge in [-0.3, -0.25) is 14.3 Å². The SMILES string of the molecule is [2H]C([2H])([2H])NC(=O)c1nnc(NC(=O)C2CC2)cc1Nc1cccc(-c2cnn(CCN)c2)c1OC. The van der Waals surface area contributed by atoms with Gasteiger partial charge in [0.1, 0.15) is 5.75 Å². The van der Waals surface area contributed by atoms with Crippen LogP contribution in [0.1, 0.15) is 27.4 Å². The molecule has 1 aromatic carbocycles. The molecule has 0 saturated heterocycles. The Morgan fingerprint density at radius 1 is 1.30 bits per heavy atom. The number of benzene rings is 1. The van der Waals surface area contributed by atoms with Crippen molar-refractivity contribution in [1.82, 2.24) is 25.3 Å². The third-order valence-electron chi connectivity index (χ3n) is 5.11. The Morgan fingerprint density at radius 2 is 2.15 bits per heavy atom. The van der Waals surface area contributed by atoms with Gasteiger partial charge in [0.25, 0.3) is 5.91 Å². The predicted octanol–water partition coefficient (Wildman–Crippen LogP) is 1.76. The number of anilines is 3. The summed E-state index contributed by atoms with van der Waals surface area (Å²) < 4.78 is 29.4. The lowest BCUT2D eigenvalue weighted by Crippen LogP contribution is -2.22. The zero-order chi connectivity index (χ0) is 25.9. The van der Waals surface area contributed by atoms with E-state index < -0.39 is 12.9 Å². The van der Waals surface area contributed by atoms with E-state index in [2.05, 4.69) is 25.9 Å². The van der Waals surface area contributed by atoms with Crippen molar-refractivity contribution in [2.24, 2.45) is 11.7 Å². The Hall–Kier alpha value is -3.99. The number of hydrogen-bond donors (Lipinski definition) is 4. The van der Waals surface area contributed by atoms with E-state index in [0.29, 0.717) is 24.5 Å². The van der Waals surface area contributed by atoms with Crippen LogP contribution in [0.2, 0.25) is 0 Å². The second kappa shape index (κ2) is 9.65. The van der Waals surface area contributed by atoms with Gasteiger partial charge in [-0.25, -0.2) is 0 Å². The number of para-hydroxylation sites is 1. The standard InChI is InChI=1S/C22H26N8O3/c1-24-22(32)19-17(10-18(28-29-19)27-21(31)13-6-7-13)26-16-5-3-4-15(20(16)33-2)14-11-25-30(12-14)9-8-23/h3-5,10-13H,6-9,23H2,1-2H3,(H,24,32)(H2,26,27,28,31)/i1D3. The van der Waals surface area contributed by atoms with Gasteiger partial charge >= 0.3 is 0 Å². The van der Waals surface area contributed by atoms with Gasteiger partial charge in [-0.2, -0.15) is 5.10 Å². The molecule has 0 spiro atoms. The molecule has 1 fully saturated rings. The summed E-state index contributed by atoms with van der Waals surface area (Å²) in [5.74, 6) is -0.642. The molecule has 2 amide bonds. The molecule has 11 heteroatoms. The highest BCUT2D eigenvalue weighted by Gasteiger charge is 2.30. The van der Waals surface area contributed by atoms with Crippen LogP contribution in [0.15, 0.2) is 36.7 Å². The van der Waals surface area contributed by atoms with Crippen LogP contribution in [0.3, 0.4) is 0 Å². The van der Waals surface area contributed by atoms with Crippen LogP contribution in [0.5, 0.6) is 5.75 Å². The van der Waals surface area contributed by atoms with E-state index in [-0.39, 0.29) is 29.0 Å². The van der Waals surface area contributed by atoms with Crippen molar-refractivity contribution in [3.63, 3.8) is 0 Å². The number of hydrogen-bond acceptors (Lipinski definition) is 8. The summed E-state index contributed by atoms with van der Waals surface area (Å²) in [4.78, 5) is 24.9. The summed E-state index contributed by atoms with van der Waals surface area (Å²) >= 11 is 0. The van der Waals surface area contributed by atoms with Crippen molar-refractivity contribution in [2.75, 3.05) is 31.3 Å². The van der Waals surface area contributed by atoms with Crippen LogP contribution in [-0.2, 0) is 11.3 Å². The second-order valence-electron chi connectivity index (χ2n) is 7.50. The summed E-state index contributed by atoms with van der Waals surface area (Å²) in [6.45, 7) is -1.73. The largest absolute Gasteiger partial charge is 0.494 e. The van der Waals surface area contributed by atoms with Crippen molar-refractivity contribution < 1.29 is 18.4 Å². The topological polar surface area (TPSA) is 149 Å². The van der Waals surface area contributed by atoms with E-state index in [1.807, 2.05) is 17.6 Å². The third-order valence-corrected chi connectivity index (χ3v) is 5.11. The van der Waals surface area contributed by atoms with Crippen LogP contribution >= 0.6 is 0 Å². The first kappa shape index (κ1) is 18.6. The molecule has 11 nitrogen and oxygen atoms in total. The van der Waals surface area contributed by atoms with E-state index >= 15 is 0 Å². The van der Waals surface area contributed by atoms with E-state index in [9.17, 15) is 9.59 Å². The number of nitrogens with one attached hydrogen (secondary N) is 3. The van der Waals surface area contributed by atoms with Gasteiger partial charge in [0.05, 0.1) is 31.2 Å².